The molecule has 0 aliphatic carbocycles. The van der Waals surface area contributed by atoms with Crippen molar-refractivity contribution in [2.24, 2.45) is 11.8 Å². The number of hydrogen-bond acceptors (Lipinski definition) is 4. The van der Waals surface area contributed by atoms with Gasteiger partial charge in [0.2, 0.25) is 0 Å². The van der Waals surface area contributed by atoms with Crippen LogP contribution in [0.5, 0.6) is 0 Å². The number of nitrogens with zero attached hydrogens (tertiary/aromatic N) is 2. The van der Waals surface area contributed by atoms with Crippen molar-refractivity contribution in [1.29, 1.82) is 0 Å². The summed E-state index contributed by atoms with van der Waals surface area (Å²) >= 11 is 6.08. The first-order chi connectivity index (χ1) is 12.7. The first-order valence-electron chi connectivity index (χ1n) is 9.61. The fourth-order valence-corrected chi connectivity index (χ4v) is 4.55. The molecule has 0 bridgehead atoms. The average Bonchev–Trinajstić information content (AvgIpc) is 3.37. The lowest BCUT2D eigenvalue weighted by atomic mass is 9.96. The largest absolute Gasteiger partial charge is 0.460 e. The summed E-state index contributed by atoms with van der Waals surface area (Å²) in [7, 11) is 0. The Balaban J connectivity index is 1.38. The van der Waals surface area contributed by atoms with Gasteiger partial charge in [-0.15, -0.1) is 0 Å². The smallest absolute Gasteiger partial charge is 0.134 e. The molecule has 2 aliphatic rings. The molecule has 4 nitrogen and oxygen atoms in total. The van der Waals surface area contributed by atoms with Crippen molar-refractivity contribution in [3.05, 3.63) is 47.2 Å². The normalized spacial score (nSPS) is 24.5. The summed E-state index contributed by atoms with van der Waals surface area (Å²) in [5.74, 6) is 2.76. The highest BCUT2D eigenvalue weighted by Crippen LogP contribution is 2.29. The van der Waals surface area contributed by atoms with Crippen LogP contribution in [0, 0.1) is 11.8 Å². The molecule has 0 amide bonds. The third-order valence-corrected chi connectivity index (χ3v) is 5.96. The zero-order chi connectivity index (χ0) is 17.9. The first kappa shape index (κ1) is 18.1. The highest BCUT2D eigenvalue weighted by atomic mass is 35.5. The molecule has 2 unspecified atom stereocenters. The average molecular weight is 375 g/mol. The van der Waals surface area contributed by atoms with E-state index in [0.29, 0.717) is 11.8 Å². The van der Waals surface area contributed by atoms with E-state index in [9.17, 15) is 5.11 Å². The molecule has 2 aromatic rings. The lowest BCUT2D eigenvalue weighted by Gasteiger charge is -2.23. The minimum Gasteiger partial charge on any atom is -0.460 e. The predicted molar refractivity (Wildman–Crippen MR) is 104 cm³/mol. The second-order valence-electron chi connectivity index (χ2n) is 7.68. The number of furan rings is 1. The summed E-state index contributed by atoms with van der Waals surface area (Å²) in [6.07, 6.45) is 2.64. The Hall–Kier alpha value is -1.33. The van der Waals surface area contributed by atoms with Gasteiger partial charge in [0, 0.05) is 36.8 Å². The molecular weight excluding hydrogens is 348 g/mol. The Morgan fingerprint density at radius 3 is 2.62 bits per heavy atom. The molecule has 1 aromatic heterocycles. The maximum absolute atomic E-state index is 9.79. The van der Waals surface area contributed by atoms with Gasteiger partial charge in [-0.05, 0) is 62.0 Å². The van der Waals surface area contributed by atoms with Crippen LogP contribution in [0.25, 0.3) is 11.3 Å². The monoisotopic (exact) mass is 374 g/mol. The van der Waals surface area contributed by atoms with Crippen molar-refractivity contribution in [3.8, 4) is 11.3 Å². The van der Waals surface area contributed by atoms with Crippen molar-refractivity contribution in [1.82, 2.24) is 9.80 Å². The summed E-state index contributed by atoms with van der Waals surface area (Å²) in [5, 5.41) is 10.5. The van der Waals surface area contributed by atoms with Gasteiger partial charge in [0.1, 0.15) is 11.5 Å². The van der Waals surface area contributed by atoms with Crippen LogP contribution in [0.15, 0.2) is 40.8 Å². The summed E-state index contributed by atoms with van der Waals surface area (Å²) < 4.78 is 6.05. The Bertz CT molecular complexity index is 726. The molecule has 0 saturated carbocycles. The number of aliphatic hydroxyl groups is 1. The molecule has 4 rings (SSSR count). The van der Waals surface area contributed by atoms with E-state index in [4.69, 9.17) is 16.0 Å². The van der Waals surface area contributed by atoms with Gasteiger partial charge in [-0.25, -0.2) is 0 Å². The van der Waals surface area contributed by atoms with Gasteiger partial charge < -0.3 is 14.4 Å². The standard InChI is InChI=1S/C21H27ClN2O2/c22-19-5-3-4-16(10-19)21-7-6-20(26-21)14-24-12-17(18(13-24)15-25)11-23-8-1-2-9-23/h3-7,10,17-18,25H,1-2,8-9,11-15H2. The van der Waals surface area contributed by atoms with Crippen LogP contribution in [-0.4, -0.2) is 54.2 Å². The van der Waals surface area contributed by atoms with Crippen LogP contribution < -0.4 is 0 Å². The number of benzene rings is 1. The van der Waals surface area contributed by atoms with Crippen LogP contribution in [0.3, 0.4) is 0 Å². The zero-order valence-corrected chi connectivity index (χ0v) is 15.9. The minimum absolute atomic E-state index is 0.279. The first-order valence-corrected chi connectivity index (χ1v) is 9.99. The second kappa shape index (κ2) is 8.13. The number of rotatable bonds is 6. The molecule has 26 heavy (non-hydrogen) atoms. The maximum atomic E-state index is 9.79. The second-order valence-corrected chi connectivity index (χ2v) is 8.12. The predicted octanol–water partition coefficient (Wildman–Crippen LogP) is 3.74. The zero-order valence-electron chi connectivity index (χ0n) is 15.1. The van der Waals surface area contributed by atoms with Gasteiger partial charge >= 0.3 is 0 Å². The number of aliphatic hydroxyl groups excluding tert-OH is 1. The lowest BCUT2D eigenvalue weighted by Crippen LogP contribution is -2.31. The topological polar surface area (TPSA) is 39.9 Å². The van der Waals surface area contributed by atoms with Crippen LogP contribution >= 0.6 is 11.6 Å². The number of likely N-dealkylation sites (tertiary alicyclic amines) is 2. The fraction of sp³-hybridized carbons (Fsp3) is 0.524. The van der Waals surface area contributed by atoms with E-state index in [1.54, 1.807) is 0 Å². The van der Waals surface area contributed by atoms with Crippen molar-refractivity contribution in [2.75, 3.05) is 39.3 Å². The highest BCUT2D eigenvalue weighted by molar-refractivity contribution is 6.30. The van der Waals surface area contributed by atoms with E-state index in [0.717, 1.165) is 48.3 Å². The summed E-state index contributed by atoms with van der Waals surface area (Å²) in [6, 6.07) is 11.8. The molecule has 140 valence electrons. The van der Waals surface area contributed by atoms with E-state index in [1.165, 1.54) is 25.9 Å². The molecule has 1 N–H and O–H groups in total. The Kier molecular flexibility index (Phi) is 5.65. The van der Waals surface area contributed by atoms with Gasteiger partial charge in [0.05, 0.1) is 6.54 Å². The Morgan fingerprint density at radius 2 is 1.85 bits per heavy atom. The molecule has 5 heteroatoms. The van der Waals surface area contributed by atoms with E-state index in [1.807, 2.05) is 30.3 Å². The minimum atomic E-state index is 0.279. The highest BCUT2D eigenvalue weighted by Gasteiger charge is 2.34. The van der Waals surface area contributed by atoms with Gasteiger partial charge in [0.25, 0.3) is 0 Å². The van der Waals surface area contributed by atoms with Gasteiger partial charge in [0.15, 0.2) is 0 Å². The van der Waals surface area contributed by atoms with Crippen molar-refractivity contribution in [2.45, 2.75) is 19.4 Å². The molecule has 0 spiro atoms. The van der Waals surface area contributed by atoms with E-state index >= 15 is 0 Å². The molecule has 2 aliphatic heterocycles. The molecule has 2 saturated heterocycles. The summed E-state index contributed by atoms with van der Waals surface area (Å²) in [4.78, 5) is 4.98. The van der Waals surface area contributed by atoms with Crippen molar-refractivity contribution in [3.63, 3.8) is 0 Å². The van der Waals surface area contributed by atoms with Gasteiger partial charge in [-0.3, -0.25) is 4.90 Å². The molecule has 3 heterocycles. The summed E-state index contributed by atoms with van der Waals surface area (Å²) in [5.41, 5.74) is 1.00. The SMILES string of the molecule is OCC1CN(Cc2ccc(-c3cccc(Cl)c3)o2)CC1CN1CCCC1. The molecule has 0 radical (unpaired) electrons. The third kappa shape index (κ3) is 4.15. The van der Waals surface area contributed by atoms with Crippen molar-refractivity contribution >= 4 is 11.6 Å². The molecule has 2 atom stereocenters. The fourth-order valence-electron chi connectivity index (χ4n) is 4.36. The van der Waals surface area contributed by atoms with Crippen LogP contribution in [0.2, 0.25) is 5.02 Å². The Morgan fingerprint density at radius 1 is 1.04 bits per heavy atom. The quantitative estimate of drug-likeness (QED) is 0.836. The number of halogens is 1. The van der Waals surface area contributed by atoms with Crippen LogP contribution in [-0.2, 0) is 6.54 Å². The lowest BCUT2D eigenvalue weighted by molar-refractivity contribution is 0.175. The third-order valence-electron chi connectivity index (χ3n) is 5.73. The van der Waals surface area contributed by atoms with E-state index < -0.39 is 0 Å². The Labute approximate surface area is 160 Å². The van der Waals surface area contributed by atoms with Crippen molar-refractivity contribution < 1.29 is 9.52 Å². The van der Waals surface area contributed by atoms with Crippen LogP contribution in [0.4, 0.5) is 0 Å². The van der Waals surface area contributed by atoms with E-state index in [-0.39, 0.29) is 6.61 Å². The van der Waals surface area contributed by atoms with Crippen LogP contribution in [0.1, 0.15) is 18.6 Å². The molecular formula is C21H27ClN2O2. The van der Waals surface area contributed by atoms with Gasteiger partial charge in [-0.2, -0.15) is 0 Å². The van der Waals surface area contributed by atoms with E-state index in [2.05, 4.69) is 15.9 Å². The maximum Gasteiger partial charge on any atom is 0.134 e. The molecule has 1 aromatic carbocycles. The summed E-state index contributed by atoms with van der Waals surface area (Å²) in [6.45, 7) is 6.62. The van der Waals surface area contributed by atoms with Gasteiger partial charge in [-0.1, -0.05) is 23.7 Å². The molecule has 2 fully saturated rings. The number of hydrogen-bond donors (Lipinski definition) is 1.